The van der Waals surface area contributed by atoms with Crippen LogP contribution in [0.3, 0.4) is 0 Å². The van der Waals surface area contributed by atoms with Crippen molar-refractivity contribution in [2.24, 2.45) is 5.92 Å². The van der Waals surface area contributed by atoms with Gasteiger partial charge < -0.3 is 10.1 Å². The lowest BCUT2D eigenvalue weighted by Gasteiger charge is -2.16. The molecule has 3 rings (SSSR count). The van der Waals surface area contributed by atoms with Crippen molar-refractivity contribution in [3.63, 3.8) is 0 Å². The van der Waals surface area contributed by atoms with Crippen LogP contribution in [0.2, 0.25) is 0 Å². The number of halogens is 1. The van der Waals surface area contributed by atoms with Crippen molar-refractivity contribution < 1.29 is 9.13 Å². The van der Waals surface area contributed by atoms with Gasteiger partial charge in [-0.2, -0.15) is 5.26 Å². The minimum Gasteiger partial charge on any atom is -0.490 e. The number of benzene rings is 1. The van der Waals surface area contributed by atoms with Crippen LogP contribution >= 0.6 is 0 Å². The lowest BCUT2D eigenvalue weighted by atomic mass is 10.1. The van der Waals surface area contributed by atoms with Gasteiger partial charge in [-0.1, -0.05) is 6.07 Å². The van der Waals surface area contributed by atoms with Crippen molar-refractivity contribution >= 4 is 5.82 Å². The summed E-state index contributed by atoms with van der Waals surface area (Å²) in [6, 6.07) is 6.73. The zero-order chi connectivity index (χ0) is 16.2. The predicted molar refractivity (Wildman–Crippen MR) is 83.4 cm³/mol. The molecular formula is C17H17FN4O. The summed E-state index contributed by atoms with van der Waals surface area (Å²) >= 11 is 0. The summed E-state index contributed by atoms with van der Waals surface area (Å²) in [5.74, 6) is 1.06. The first-order valence-corrected chi connectivity index (χ1v) is 7.56. The number of anilines is 1. The van der Waals surface area contributed by atoms with Crippen LogP contribution in [0.15, 0.2) is 30.6 Å². The average molecular weight is 312 g/mol. The van der Waals surface area contributed by atoms with Gasteiger partial charge in [0.25, 0.3) is 0 Å². The molecule has 1 atom stereocenters. The third-order valence-corrected chi connectivity index (χ3v) is 3.76. The SMILES string of the molecule is C[C@@H](Nc1cnc(C#N)cn1)c1ccc(OCC2CC2)c(F)c1. The van der Waals surface area contributed by atoms with Gasteiger partial charge in [0.2, 0.25) is 0 Å². The maximum absolute atomic E-state index is 14.1. The molecule has 1 saturated carbocycles. The maximum atomic E-state index is 14.1. The summed E-state index contributed by atoms with van der Waals surface area (Å²) in [5.41, 5.74) is 1.04. The van der Waals surface area contributed by atoms with Gasteiger partial charge in [0, 0.05) is 0 Å². The number of nitrogens with zero attached hydrogens (tertiary/aromatic N) is 3. The number of aromatic nitrogens is 2. The van der Waals surface area contributed by atoms with Crippen LogP contribution in [0.5, 0.6) is 5.75 Å². The molecule has 0 radical (unpaired) electrons. The van der Waals surface area contributed by atoms with Crippen molar-refractivity contribution in [3.8, 4) is 11.8 Å². The highest BCUT2D eigenvalue weighted by Gasteiger charge is 2.22. The number of nitrogens with one attached hydrogen (secondary N) is 1. The van der Waals surface area contributed by atoms with Crippen molar-refractivity contribution in [2.75, 3.05) is 11.9 Å². The van der Waals surface area contributed by atoms with E-state index >= 15 is 0 Å². The summed E-state index contributed by atoms with van der Waals surface area (Å²) < 4.78 is 19.6. The topological polar surface area (TPSA) is 70.8 Å². The lowest BCUT2D eigenvalue weighted by molar-refractivity contribution is 0.285. The Labute approximate surface area is 134 Å². The van der Waals surface area contributed by atoms with Gasteiger partial charge in [-0.15, -0.1) is 0 Å². The fourth-order valence-electron chi connectivity index (χ4n) is 2.16. The van der Waals surface area contributed by atoms with E-state index < -0.39 is 0 Å². The summed E-state index contributed by atoms with van der Waals surface area (Å²) in [5, 5.41) is 11.8. The van der Waals surface area contributed by atoms with E-state index in [2.05, 4.69) is 15.3 Å². The maximum Gasteiger partial charge on any atom is 0.165 e. The van der Waals surface area contributed by atoms with Gasteiger partial charge in [0.05, 0.1) is 25.0 Å². The molecule has 0 unspecified atom stereocenters. The molecule has 1 fully saturated rings. The standard InChI is InChI=1S/C17H17FN4O/c1-11(22-17-9-20-14(7-19)8-21-17)13-4-5-16(15(18)6-13)23-10-12-2-3-12/h4-6,8-9,11-12H,2-3,10H2,1H3,(H,21,22)/t11-/m1/s1. The smallest absolute Gasteiger partial charge is 0.165 e. The van der Waals surface area contributed by atoms with Gasteiger partial charge in [-0.3, -0.25) is 0 Å². The van der Waals surface area contributed by atoms with E-state index in [-0.39, 0.29) is 17.6 Å². The largest absolute Gasteiger partial charge is 0.490 e. The van der Waals surface area contributed by atoms with Gasteiger partial charge >= 0.3 is 0 Å². The van der Waals surface area contributed by atoms with E-state index in [0.717, 1.165) is 5.56 Å². The highest BCUT2D eigenvalue weighted by atomic mass is 19.1. The number of hydrogen-bond acceptors (Lipinski definition) is 5. The first-order chi connectivity index (χ1) is 11.2. The average Bonchev–Trinajstić information content (AvgIpc) is 3.38. The first-order valence-electron chi connectivity index (χ1n) is 7.56. The first kappa shape index (κ1) is 15.2. The molecule has 1 aromatic heterocycles. The normalized spacial score (nSPS) is 14.8. The second-order valence-corrected chi connectivity index (χ2v) is 5.71. The van der Waals surface area contributed by atoms with Gasteiger partial charge in [-0.25, -0.2) is 14.4 Å². The number of rotatable bonds is 6. The third kappa shape index (κ3) is 3.95. The van der Waals surface area contributed by atoms with E-state index in [0.29, 0.717) is 24.1 Å². The second kappa shape index (κ2) is 6.61. The van der Waals surface area contributed by atoms with Crippen LogP contribution in [0.1, 0.15) is 37.1 Å². The molecule has 0 bridgehead atoms. The predicted octanol–water partition coefficient (Wildman–Crippen LogP) is 3.45. The molecule has 0 amide bonds. The summed E-state index contributed by atoms with van der Waals surface area (Å²) in [7, 11) is 0. The van der Waals surface area contributed by atoms with Crippen molar-refractivity contribution in [3.05, 3.63) is 47.7 Å². The monoisotopic (exact) mass is 312 g/mol. The van der Waals surface area contributed by atoms with Crippen LogP contribution < -0.4 is 10.1 Å². The number of ether oxygens (including phenoxy) is 1. The number of hydrogen-bond donors (Lipinski definition) is 1. The molecule has 118 valence electrons. The Morgan fingerprint density at radius 2 is 2.22 bits per heavy atom. The molecule has 0 aliphatic heterocycles. The molecule has 1 aromatic carbocycles. The Kier molecular flexibility index (Phi) is 4.38. The fraction of sp³-hybridized carbons (Fsp3) is 0.353. The fourth-order valence-corrected chi connectivity index (χ4v) is 2.16. The summed E-state index contributed by atoms with van der Waals surface area (Å²) in [4.78, 5) is 8.04. The zero-order valence-electron chi connectivity index (χ0n) is 12.8. The van der Waals surface area contributed by atoms with Gasteiger partial charge in [-0.05, 0) is 43.4 Å². The van der Waals surface area contributed by atoms with E-state index in [1.54, 1.807) is 6.07 Å². The van der Waals surface area contributed by atoms with Crippen molar-refractivity contribution in [1.82, 2.24) is 9.97 Å². The zero-order valence-corrected chi connectivity index (χ0v) is 12.8. The Balaban J connectivity index is 1.64. The Bertz CT molecular complexity index is 722. The van der Waals surface area contributed by atoms with Crippen LogP contribution in [0.25, 0.3) is 0 Å². The van der Waals surface area contributed by atoms with Crippen LogP contribution in [0, 0.1) is 23.1 Å². The van der Waals surface area contributed by atoms with Crippen LogP contribution in [0.4, 0.5) is 10.2 Å². The van der Waals surface area contributed by atoms with Gasteiger partial charge in [0.1, 0.15) is 11.9 Å². The molecule has 6 heteroatoms. The summed E-state index contributed by atoms with van der Waals surface area (Å²) in [6.45, 7) is 2.49. The minimum absolute atomic E-state index is 0.149. The third-order valence-electron chi connectivity index (χ3n) is 3.76. The molecule has 1 aliphatic rings. The van der Waals surface area contributed by atoms with E-state index in [1.807, 2.05) is 19.1 Å². The van der Waals surface area contributed by atoms with Crippen LogP contribution in [-0.4, -0.2) is 16.6 Å². The van der Waals surface area contributed by atoms with Crippen molar-refractivity contribution in [2.45, 2.75) is 25.8 Å². The Morgan fingerprint density at radius 1 is 1.39 bits per heavy atom. The molecular weight excluding hydrogens is 295 g/mol. The lowest BCUT2D eigenvalue weighted by Crippen LogP contribution is -2.09. The molecule has 2 aromatic rings. The minimum atomic E-state index is -0.359. The van der Waals surface area contributed by atoms with E-state index in [1.165, 1.54) is 31.3 Å². The molecule has 5 nitrogen and oxygen atoms in total. The molecule has 0 spiro atoms. The molecule has 23 heavy (non-hydrogen) atoms. The number of nitriles is 1. The Morgan fingerprint density at radius 3 is 2.83 bits per heavy atom. The molecule has 1 heterocycles. The highest BCUT2D eigenvalue weighted by Crippen LogP contribution is 2.31. The quantitative estimate of drug-likeness (QED) is 0.884. The molecule has 1 N–H and O–H groups in total. The van der Waals surface area contributed by atoms with Gasteiger partial charge in [0.15, 0.2) is 17.3 Å². The van der Waals surface area contributed by atoms with E-state index in [4.69, 9.17) is 10.00 Å². The van der Waals surface area contributed by atoms with E-state index in [9.17, 15) is 4.39 Å². The highest BCUT2D eigenvalue weighted by molar-refractivity contribution is 5.39. The molecule has 0 saturated heterocycles. The summed E-state index contributed by atoms with van der Waals surface area (Å²) in [6.07, 6.45) is 5.22. The van der Waals surface area contributed by atoms with Crippen molar-refractivity contribution in [1.29, 1.82) is 5.26 Å². The second-order valence-electron chi connectivity index (χ2n) is 5.71. The molecule has 1 aliphatic carbocycles. The Hall–Kier alpha value is -2.68. The van der Waals surface area contributed by atoms with Crippen LogP contribution in [-0.2, 0) is 0 Å².